The largest absolute Gasteiger partial charge is 0.480 e. The molecule has 0 radical (unpaired) electrons. The summed E-state index contributed by atoms with van der Waals surface area (Å²) in [7, 11) is 1.67. The van der Waals surface area contributed by atoms with Gasteiger partial charge in [0.2, 0.25) is 5.88 Å². The number of fused-ring (bicyclic) bond motifs is 1. The summed E-state index contributed by atoms with van der Waals surface area (Å²) in [5, 5.41) is 5.56. The van der Waals surface area contributed by atoms with Crippen LogP contribution >= 0.6 is 23.1 Å². The Bertz CT molecular complexity index is 494. The first-order valence-corrected chi connectivity index (χ1v) is 8.09. The molecular weight excluding hydrogens is 266 g/mol. The van der Waals surface area contributed by atoms with Crippen molar-refractivity contribution in [1.82, 2.24) is 14.7 Å². The molecule has 1 unspecified atom stereocenters. The van der Waals surface area contributed by atoms with Crippen molar-refractivity contribution in [2.45, 2.75) is 26.4 Å². The lowest BCUT2D eigenvalue weighted by Gasteiger charge is -2.13. The second kappa shape index (κ2) is 6.45. The van der Waals surface area contributed by atoms with E-state index in [2.05, 4.69) is 28.5 Å². The topological polar surface area (TPSA) is 38.6 Å². The van der Waals surface area contributed by atoms with Crippen molar-refractivity contribution in [2.75, 3.05) is 18.6 Å². The van der Waals surface area contributed by atoms with E-state index in [0.29, 0.717) is 6.04 Å². The first-order valence-electron chi connectivity index (χ1n) is 6.05. The van der Waals surface area contributed by atoms with Gasteiger partial charge >= 0.3 is 0 Å². The molecule has 4 nitrogen and oxygen atoms in total. The lowest BCUT2D eigenvalue weighted by molar-refractivity contribution is 0.391. The Morgan fingerprint density at radius 3 is 3.17 bits per heavy atom. The molecule has 6 heteroatoms. The molecule has 0 fully saturated rings. The minimum absolute atomic E-state index is 0.490. The van der Waals surface area contributed by atoms with E-state index in [-0.39, 0.29) is 0 Å². The summed E-state index contributed by atoms with van der Waals surface area (Å²) in [6.45, 7) is 5.18. The molecule has 2 aromatic rings. The molecule has 0 spiro atoms. The third kappa shape index (κ3) is 2.99. The van der Waals surface area contributed by atoms with Crippen LogP contribution in [-0.4, -0.2) is 34.0 Å². The number of nitrogens with one attached hydrogen (secondary N) is 1. The minimum Gasteiger partial charge on any atom is -0.480 e. The molecule has 0 bridgehead atoms. The molecule has 1 atom stereocenters. The van der Waals surface area contributed by atoms with Crippen LogP contribution in [0.4, 0.5) is 0 Å². The van der Waals surface area contributed by atoms with Gasteiger partial charge < -0.3 is 10.1 Å². The number of aromatic nitrogens is 2. The first-order chi connectivity index (χ1) is 8.76. The smallest absolute Gasteiger partial charge is 0.237 e. The molecule has 2 aromatic heterocycles. The number of hydrogen-bond donors (Lipinski definition) is 1. The van der Waals surface area contributed by atoms with Crippen LogP contribution in [0.2, 0.25) is 0 Å². The van der Waals surface area contributed by atoms with Crippen molar-refractivity contribution in [3.63, 3.8) is 0 Å². The maximum absolute atomic E-state index is 5.33. The molecule has 0 aliphatic rings. The van der Waals surface area contributed by atoms with Crippen LogP contribution in [0.5, 0.6) is 5.88 Å². The predicted molar refractivity (Wildman–Crippen MR) is 78.9 cm³/mol. The quantitative estimate of drug-likeness (QED) is 0.849. The highest BCUT2D eigenvalue weighted by Crippen LogP contribution is 2.22. The average Bonchev–Trinajstić information content (AvgIpc) is 2.94. The maximum atomic E-state index is 5.33. The Kier molecular flexibility index (Phi) is 4.91. The monoisotopic (exact) mass is 285 g/mol. The van der Waals surface area contributed by atoms with Gasteiger partial charge in [-0.05, 0) is 12.7 Å². The summed E-state index contributed by atoms with van der Waals surface area (Å²) in [5.74, 6) is 3.02. The Balaban J connectivity index is 2.03. The number of methoxy groups -OCH3 is 1. The van der Waals surface area contributed by atoms with Gasteiger partial charge in [-0.3, -0.25) is 4.40 Å². The zero-order valence-corrected chi connectivity index (χ0v) is 12.6. The van der Waals surface area contributed by atoms with E-state index in [0.717, 1.165) is 34.6 Å². The van der Waals surface area contributed by atoms with Gasteiger partial charge in [0.15, 0.2) is 4.96 Å². The van der Waals surface area contributed by atoms with Crippen LogP contribution < -0.4 is 10.1 Å². The lowest BCUT2D eigenvalue weighted by atomic mass is 10.3. The zero-order valence-electron chi connectivity index (χ0n) is 11.0. The van der Waals surface area contributed by atoms with E-state index in [9.17, 15) is 0 Å². The van der Waals surface area contributed by atoms with Crippen LogP contribution in [-0.2, 0) is 6.54 Å². The minimum atomic E-state index is 0.490. The number of rotatable bonds is 7. The van der Waals surface area contributed by atoms with Gasteiger partial charge in [-0.2, -0.15) is 16.7 Å². The summed E-state index contributed by atoms with van der Waals surface area (Å²) >= 11 is 3.58. The van der Waals surface area contributed by atoms with Gasteiger partial charge in [0.25, 0.3) is 0 Å². The molecule has 0 aliphatic carbocycles. The molecule has 18 heavy (non-hydrogen) atoms. The third-order valence-corrected chi connectivity index (χ3v) is 4.61. The highest BCUT2D eigenvalue weighted by molar-refractivity contribution is 7.99. The summed E-state index contributed by atoms with van der Waals surface area (Å²) < 4.78 is 7.43. The van der Waals surface area contributed by atoms with Crippen LogP contribution in [0, 0.1) is 0 Å². The fraction of sp³-hybridized carbons (Fsp3) is 0.583. The van der Waals surface area contributed by atoms with Crippen molar-refractivity contribution in [3.8, 4) is 5.88 Å². The van der Waals surface area contributed by atoms with Crippen molar-refractivity contribution in [2.24, 2.45) is 0 Å². The zero-order chi connectivity index (χ0) is 13.0. The Labute approximate surface area is 116 Å². The highest BCUT2D eigenvalue weighted by atomic mass is 32.2. The van der Waals surface area contributed by atoms with Crippen LogP contribution in [0.3, 0.4) is 0 Å². The molecule has 0 saturated carbocycles. The molecule has 0 aromatic carbocycles. The second-order valence-corrected chi connectivity index (χ2v) is 6.26. The molecular formula is C12H19N3OS2. The number of ether oxygens (including phenoxy) is 1. The second-order valence-electron chi connectivity index (χ2n) is 4.06. The molecule has 2 heterocycles. The number of imidazole rings is 1. The molecule has 1 N–H and O–H groups in total. The van der Waals surface area contributed by atoms with Gasteiger partial charge in [-0.25, -0.2) is 0 Å². The van der Waals surface area contributed by atoms with Gasteiger partial charge in [0.1, 0.15) is 5.69 Å². The van der Waals surface area contributed by atoms with E-state index in [1.807, 2.05) is 23.3 Å². The molecule has 0 saturated heterocycles. The standard InChI is InChI=1S/C12H19N3OS2/c1-4-17-8-9(2)13-7-10-11(16-3)14-12-15(10)5-6-18-12/h5-6,9,13H,4,7-8H2,1-3H3. The number of thioether (sulfide) groups is 1. The van der Waals surface area contributed by atoms with E-state index in [4.69, 9.17) is 4.74 Å². The van der Waals surface area contributed by atoms with Crippen molar-refractivity contribution in [3.05, 3.63) is 17.3 Å². The number of nitrogens with zero attached hydrogens (tertiary/aromatic N) is 2. The van der Waals surface area contributed by atoms with E-state index < -0.39 is 0 Å². The van der Waals surface area contributed by atoms with Crippen molar-refractivity contribution >= 4 is 28.1 Å². The van der Waals surface area contributed by atoms with E-state index in [1.165, 1.54) is 0 Å². The fourth-order valence-corrected chi connectivity index (χ4v) is 3.19. The first kappa shape index (κ1) is 13.7. The van der Waals surface area contributed by atoms with Crippen molar-refractivity contribution in [1.29, 1.82) is 0 Å². The fourth-order valence-electron chi connectivity index (χ4n) is 1.76. The number of thiazole rings is 1. The third-order valence-electron chi connectivity index (χ3n) is 2.71. The summed E-state index contributed by atoms with van der Waals surface area (Å²) in [4.78, 5) is 5.43. The van der Waals surface area contributed by atoms with Gasteiger partial charge in [0.05, 0.1) is 7.11 Å². The number of hydrogen-bond acceptors (Lipinski definition) is 5. The maximum Gasteiger partial charge on any atom is 0.237 e. The molecule has 0 amide bonds. The van der Waals surface area contributed by atoms with Gasteiger partial charge in [-0.1, -0.05) is 6.92 Å². The molecule has 100 valence electrons. The average molecular weight is 285 g/mol. The van der Waals surface area contributed by atoms with Gasteiger partial charge in [-0.15, -0.1) is 11.3 Å². The highest BCUT2D eigenvalue weighted by Gasteiger charge is 2.14. The van der Waals surface area contributed by atoms with E-state index in [1.54, 1.807) is 18.4 Å². The summed E-state index contributed by atoms with van der Waals surface area (Å²) in [5.41, 5.74) is 1.10. The SMILES string of the molecule is CCSCC(C)NCc1c(OC)nc2sccn12. The van der Waals surface area contributed by atoms with Crippen LogP contribution in [0.1, 0.15) is 19.5 Å². The normalized spacial score (nSPS) is 13.1. The molecule has 0 aliphatic heterocycles. The molecule has 2 rings (SSSR count). The van der Waals surface area contributed by atoms with Gasteiger partial charge in [0, 0.05) is 29.9 Å². The van der Waals surface area contributed by atoms with Crippen LogP contribution in [0.25, 0.3) is 4.96 Å². The Morgan fingerprint density at radius 2 is 2.44 bits per heavy atom. The predicted octanol–water partition coefficient (Wildman–Crippen LogP) is 2.64. The van der Waals surface area contributed by atoms with Crippen LogP contribution in [0.15, 0.2) is 11.6 Å². The lowest BCUT2D eigenvalue weighted by Crippen LogP contribution is -2.28. The van der Waals surface area contributed by atoms with Crippen molar-refractivity contribution < 1.29 is 4.74 Å². The summed E-state index contributed by atoms with van der Waals surface area (Å²) in [6.07, 6.45) is 2.04. The Morgan fingerprint density at radius 1 is 1.61 bits per heavy atom. The van der Waals surface area contributed by atoms with E-state index >= 15 is 0 Å². The summed E-state index contributed by atoms with van der Waals surface area (Å²) in [6, 6.07) is 0.490. The Hall–Kier alpha value is -0.720.